The molecule has 2 heterocycles. The second-order valence-corrected chi connectivity index (χ2v) is 7.33. The molecule has 4 atom stereocenters. The first-order valence-electron chi connectivity index (χ1n) is 8.43. The van der Waals surface area contributed by atoms with E-state index in [4.69, 9.17) is 0 Å². The third-order valence-electron chi connectivity index (χ3n) is 6.10. The third-order valence-corrected chi connectivity index (χ3v) is 6.10. The number of amides is 3. The molecule has 2 aliphatic carbocycles. The summed E-state index contributed by atoms with van der Waals surface area (Å²) in [5, 5.41) is 0. The van der Waals surface area contributed by atoms with Gasteiger partial charge in [0.1, 0.15) is 6.04 Å². The van der Waals surface area contributed by atoms with E-state index in [0.29, 0.717) is 13.0 Å². The Morgan fingerprint density at radius 1 is 0.955 bits per heavy atom. The summed E-state index contributed by atoms with van der Waals surface area (Å²) >= 11 is 0. The quantitative estimate of drug-likeness (QED) is 0.747. The van der Waals surface area contributed by atoms with Gasteiger partial charge in [0.2, 0.25) is 0 Å². The van der Waals surface area contributed by atoms with Gasteiger partial charge in [-0.1, -0.05) is 24.3 Å². The van der Waals surface area contributed by atoms with Crippen LogP contribution in [-0.2, 0) is 17.8 Å². The summed E-state index contributed by atoms with van der Waals surface area (Å²) in [4.78, 5) is 29.1. The Kier molecular flexibility index (Phi) is 2.50. The van der Waals surface area contributed by atoms with E-state index in [1.54, 1.807) is 9.80 Å². The summed E-state index contributed by atoms with van der Waals surface area (Å²) in [6.45, 7) is 0.584. The van der Waals surface area contributed by atoms with Crippen LogP contribution >= 0.6 is 0 Å². The highest BCUT2D eigenvalue weighted by molar-refractivity contribution is 6.05. The summed E-state index contributed by atoms with van der Waals surface area (Å²) in [6, 6.07) is 8.02. The van der Waals surface area contributed by atoms with Gasteiger partial charge in [-0.05, 0) is 48.6 Å². The highest BCUT2D eigenvalue weighted by Crippen LogP contribution is 2.51. The van der Waals surface area contributed by atoms with Crippen LogP contribution in [0.25, 0.3) is 0 Å². The van der Waals surface area contributed by atoms with Crippen molar-refractivity contribution in [2.75, 3.05) is 0 Å². The lowest BCUT2D eigenvalue weighted by atomic mass is 9.93. The maximum Gasteiger partial charge on any atom is 0.328 e. The second-order valence-electron chi connectivity index (χ2n) is 7.33. The van der Waals surface area contributed by atoms with Crippen molar-refractivity contribution in [3.63, 3.8) is 0 Å². The summed E-state index contributed by atoms with van der Waals surface area (Å²) in [7, 11) is 0. The molecule has 3 fully saturated rings. The zero-order chi connectivity index (χ0) is 14.8. The van der Waals surface area contributed by atoms with Gasteiger partial charge in [0.15, 0.2) is 0 Å². The number of carbonyl (C=O) groups excluding carboxylic acids is 2. The molecule has 0 aromatic heterocycles. The zero-order valence-corrected chi connectivity index (χ0v) is 12.6. The molecule has 2 saturated carbocycles. The van der Waals surface area contributed by atoms with Crippen molar-refractivity contribution in [1.82, 2.24) is 9.80 Å². The Morgan fingerprint density at radius 2 is 1.77 bits per heavy atom. The van der Waals surface area contributed by atoms with E-state index in [9.17, 15) is 9.59 Å². The lowest BCUT2D eigenvalue weighted by Gasteiger charge is -2.29. The number of urea groups is 1. The number of carbonyl (C=O) groups is 2. The molecule has 22 heavy (non-hydrogen) atoms. The fraction of sp³-hybridized carbons (Fsp3) is 0.556. The minimum atomic E-state index is -0.265. The van der Waals surface area contributed by atoms with Crippen LogP contribution in [0.1, 0.15) is 36.8 Å². The van der Waals surface area contributed by atoms with Crippen molar-refractivity contribution in [1.29, 1.82) is 0 Å². The molecule has 1 aromatic carbocycles. The smallest absolute Gasteiger partial charge is 0.308 e. The van der Waals surface area contributed by atoms with Gasteiger partial charge in [-0.15, -0.1) is 0 Å². The highest BCUT2D eigenvalue weighted by Gasteiger charge is 2.52. The zero-order valence-electron chi connectivity index (χ0n) is 12.6. The molecular formula is C18H20N2O2. The summed E-state index contributed by atoms with van der Waals surface area (Å²) in [5.41, 5.74) is 2.41. The molecule has 0 radical (unpaired) electrons. The average molecular weight is 296 g/mol. The van der Waals surface area contributed by atoms with E-state index < -0.39 is 0 Å². The number of fused-ring (bicyclic) bond motifs is 3. The van der Waals surface area contributed by atoms with Crippen molar-refractivity contribution >= 4 is 11.9 Å². The first-order chi connectivity index (χ1) is 10.7. The maximum absolute atomic E-state index is 12.8. The topological polar surface area (TPSA) is 40.6 Å². The van der Waals surface area contributed by atoms with Crippen LogP contribution < -0.4 is 0 Å². The van der Waals surface area contributed by atoms with Crippen LogP contribution in [0.5, 0.6) is 0 Å². The Morgan fingerprint density at radius 3 is 2.59 bits per heavy atom. The van der Waals surface area contributed by atoms with Gasteiger partial charge in [-0.2, -0.15) is 0 Å². The fourth-order valence-corrected chi connectivity index (χ4v) is 4.73. The molecule has 2 aliphatic heterocycles. The monoisotopic (exact) mass is 296 g/mol. The molecular weight excluding hydrogens is 276 g/mol. The number of benzene rings is 1. The van der Waals surface area contributed by atoms with Crippen LogP contribution in [0.15, 0.2) is 24.3 Å². The van der Waals surface area contributed by atoms with Crippen LogP contribution in [0.2, 0.25) is 0 Å². The van der Waals surface area contributed by atoms with Gasteiger partial charge in [-0.3, -0.25) is 9.69 Å². The van der Waals surface area contributed by atoms with Crippen LogP contribution in [0, 0.1) is 11.8 Å². The van der Waals surface area contributed by atoms with Gasteiger partial charge < -0.3 is 4.90 Å². The molecule has 4 unspecified atom stereocenters. The molecule has 1 saturated heterocycles. The van der Waals surface area contributed by atoms with Gasteiger partial charge >= 0.3 is 6.03 Å². The molecule has 4 heteroatoms. The Balaban J connectivity index is 1.44. The number of hydrogen-bond acceptors (Lipinski definition) is 2. The van der Waals surface area contributed by atoms with E-state index in [-0.39, 0.29) is 24.0 Å². The normalized spacial score (nSPS) is 36.0. The summed E-state index contributed by atoms with van der Waals surface area (Å²) in [5.74, 6) is 1.70. The maximum atomic E-state index is 12.8. The van der Waals surface area contributed by atoms with E-state index in [1.165, 1.54) is 24.0 Å². The fourth-order valence-electron chi connectivity index (χ4n) is 4.73. The van der Waals surface area contributed by atoms with Gasteiger partial charge in [0, 0.05) is 19.0 Å². The lowest BCUT2D eigenvalue weighted by molar-refractivity contribution is -0.130. The number of imide groups is 1. The van der Waals surface area contributed by atoms with Crippen LogP contribution in [0.4, 0.5) is 4.79 Å². The number of nitrogens with zero attached hydrogens (tertiary/aromatic N) is 2. The average Bonchev–Trinajstić information content (AvgIpc) is 3.27. The second kappa shape index (κ2) is 4.34. The molecule has 4 aliphatic rings. The Labute approximate surface area is 130 Å². The summed E-state index contributed by atoms with van der Waals surface area (Å²) in [6.07, 6.45) is 5.22. The van der Waals surface area contributed by atoms with Crippen molar-refractivity contribution in [2.24, 2.45) is 11.8 Å². The number of hydrogen-bond donors (Lipinski definition) is 0. The minimum Gasteiger partial charge on any atom is -0.308 e. The predicted octanol–water partition coefficient (Wildman–Crippen LogP) is 2.56. The molecule has 0 N–H and O–H groups in total. The van der Waals surface area contributed by atoms with E-state index in [1.807, 2.05) is 12.1 Å². The van der Waals surface area contributed by atoms with Crippen molar-refractivity contribution in [3.05, 3.63) is 35.4 Å². The Bertz CT molecular complexity index is 628. The molecule has 0 spiro atoms. The van der Waals surface area contributed by atoms with Gasteiger partial charge in [0.05, 0.1) is 0 Å². The van der Waals surface area contributed by atoms with Gasteiger partial charge in [0.25, 0.3) is 5.91 Å². The van der Waals surface area contributed by atoms with E-state index in [0.717, 1.165) is 24.7 Å². The molecule has 0 bridgehead atoms. The SMILES string of the molecule is O=C1C2Cc3ccccc3CN2C(=O)N1C1CCC2CC2C1. The number of rotatable bonds is 1. The standard InChI is InChI=1S/C18H20N2O2/c21-17-16-9-11-3-1-2-4-13(11)10-19(16)18(22)20(17)15-6-5-12-7-14(12)8-15/h1-4,12,14-16H,5-10H2. The van der Waals surface area contributed by atoms with E-state index >= 15 is 0 Å². The van der Waals surface area contributed by atoms with Gasteiger partial charge in [-0.25, -0.2) is 4.79 Å². The molecule has 114 valence electrons. The van der Waals surface area contributed by atoms with E-state index in [2.05, 4.69) is 12.1 Å². The molecule has 1 aromatic rings. The minimum absolute atomic E-state index is 0.0450. The van der Waals surface area contributed by atoms with Crippen molar-refractivity contribution in [3.8, 4) is 0 Å². The lowest BCUT2D eigenvalue weighted by Crippen LogP contribution is -2.42. The van der Waals surface area contributed by atoms with Crippen molar-refractivity contribution < 1.29 is 9.59 Å². The molecule has 3 amide bonds. The molecule has 4 nitrogen and oxygen atoms in total. The van der Waals surface area contributed by atoms with Crippen LogP contribution in [-0.4, -0.2) is 33.8 Å². The Hall–Kier alpha value is -1.84. The predicted molar refractivity (Wildman–Crippen MR) is 81.0 cm³/mol. The third kappa shape index (κ3) is 1.70. The molecule has 5 rings (SSSR count). The van der Waals surface area contributed by atoms with Crippen LogP contribution in [0.3, 0.4) is 0 Å². The first-order valence-corrected chi connectivity index (χ1v) is 8.43. The largest absolute Gasteiger partial charge is 0.328 e. The highest BCUT2D eigenvalue weighted by atomic mass is 16.2. The summed E-state index contributed by atoms with van der Waals surface area (Å²) < 4.78 is 0. The van der Waals surface area contributed by atoms with Crippen molar-refractivity contribution in [2.45, 2.75) is 50.7 Å². The first kappa shape index (κ1) is 12.7.